The molecule has 11 heteroatoms. The largest absolute Gasteiger partial charge is 0.507 e. The fraction of sp³-hybridized carbons (Fsp3) is 0.240. The van der Waals surface area contributed by atoms with Gasteiger partial charge in [-0.15, -0.1) is 22.7 Å². The summed E-state index contributed by atoms with van der Waals surface area (Å²) >= 11 is 3.28. The normalized spacial score (nSPS) is 15.3. The molecule has 0 fully saturated rings. The minimum absolute atomic E-state index is 0.224. The van der Waals surface area contributed by atoms with Gasteiger partial charge >= 0.3 is 0 Å². The van der Waals surface area contributed by atoms with Crippen molar-refractivity contribution in [3.63, 3.8) is 0 Å². The Morgan fingerprint density at radius 2 is 0.738 bits per heavy atom. The number of phenolic OH excluding ortho intramolecular Hbond substituents is 2. The van der Waals surface area contributed by atoms with Crippen LogP contribution in [-0.4, -0.2) is 73.0 Å². The number of hydrogen-bond donors (Lipinski definition) is 2. The molecule has 9 nitrogen and oxygen atoms in total. The molecule has 1 aliphatic heterocycles. The van der Waals surface area contributed by atoms with Crippen molar-refractivity contribution in [1.82, 2.24) is 9.97 Å². The number of benzene rings is 6. The van der Waals surface area contributed by atoms with Crippen LogP contribution in [-0.2, 0) is 39.9 Å². The first-order valence-corrected chi connectivity index (χ1v) is 22.3. The van der Waals surface area contributed by atoms with Crippen molar-refractivity contribution in [2.45, 2.75) is 25.7 Å². The zero-order valence-corrected chi connectivity index (χ0v) is 35.2. The molecule has 2 N–H and O–H groups in total. The van der Waals surface area contributed by atoms with Crippen LogP contribution >= 0.6 is 22.7 Å². The fourth-order valence-corrected chi connectivity index (χ4v) is 10.2. The van der Waals surface area contributed by atoms with Crippen LogP contribution in [0.1, 0.15) is 44.5 Å². The molecular weight excluding hydrogens is 805 g/mol. The Morgan fingerprint density at radius 1 is 0.393 bits per heavy atom. The number of thiazole rings is 2. The van der Waals surface area contributed by atoms with E-state index in [1.807, 2.05) is 48.5 Å². The highest BCUT2D eigenvalue weighted by molar-refractivity contribution is 7.22. The lowest BCUT2D eigenvalue weighted by Gasteiger charge is -2.21. The maximum absolute atomic E-state index is 12.3. The summed E-state index contributed by atoms with van der Waals surface area (Å²) in [5.41, 5.74) is 10.4. The summed E-state index contributed by atoms with van der Waals surface area (Å²) in [5.74, 6) is 1.85. The predicted molar refractivity (Wildman–Crippen MR) is 241 cm³/mol. The molecule has 0 spiro atoms. The molecule has 0 atom stereocenters. The first-order chi connectivity index (χ1) is 30.0. The average molecular weight is 849 g/mol. The zero-order chi connectivity index (χ0) is 41.1. The topological polar surface area (TPSA) is 112 Å². The summed E-state index contributed by atoms with van der Waals surface area (Å²) in [7, 11) is 0. The van der Waals surface area contributed by atoms with Crippen LogP contribution in [0.2, 0.25) is 0 Å². The van der Waals surface area contributed by atoms with E-state index in [1.54, 1.807) is 22.7 Å². The molecule has 0 amide bonds. The van der Waals surface area contributed by atoms with Crippen molar-refractivity contribution < 1.29 is 33.9 Å². The number of ether oxygens (including phenoxy) is 5. The van der Waals surface area contributed by atoms with Gasteiger partial charge in [0.05, 0.1) is 60.1 Å². The van der Waals surface area contributed by atoms with Gasteiger partial charge in [-0.25, -0.2) is 9.97 Å². The lowest BCUT2D eigenvalue weighted by atomic mass is 9.90. The molecule has 2 aromatic heterocycles. The van der Waals surface area contributed by atoms with E-state index >= 15 is 0 Å². The van der Waals surface area contributed by atoms with Gasteiger partial charge in [0.25, 0.3) is 0 Å². The van der Waals surface area contributed by atoms with Gasteiger partial charge in [-0.2, -0.15) is 0 Å². The van der Waals surface area contributed by atoms with Crippen LogP contribution in [0, 0.1) is 0 Å². The Labute approximate surface area is 361 Å². The highest BCUT2D eigenvalue weighted by atomic mass is 32.1. The average Bonchev–Trinajstić information content (AvgIpc) is 3.91. The number of aromatic nitrogens is 2. The van der Waals surface area contributed by atoms with E-state index in [1.165, 1.54) is 0 Å². The summed E-state index contributed by atoms with van der Waals surface area (Å²) in [6.45, 7) is 3.05. The van der Waals surface area contributed by atoms with Gasteiger partial charge in [0, 0.05) is 36.8 Å². The van der Waals surface area contributed by atoms with Crippen molar-refractivity contribution in [3.8, 4) is 44.1 Å². The number of para-hydroxylation sites is 4. The van der Waals surface area contributed by atoms with E-state index in [9.17, 15) is 10.2 Å². The van der Waals surface area contributed by atoms with E-state index in [2.05, 4.69) is 60.7 Å². The van der Waals surface area contributed by atoms with Gasteiger partial charge in [0.1, 0.15) is 46.2 Å². The Bertz CT molecular complexity index is 2520. The molecule has 8 aromatic rings. The van der Waals surface area contributed by atoms with Gasteiger partial charge < -0.3 is 33.9 Å². The molecule has 0 radical (unpaired) electrons. The number of fused-ring (bicyclic) bond motifs is 4. The van der Waals surface area contributed by atoms with Crippen molar-refractivity contribution in [1.29, 1.82) is 0 Å². The molecule has 0 unspecified atom stereocenters. The molecule has 10 bridgehead atoms. The molecule has 1 aliphatic carbocycles. The highest BCUT2D eigenvalue weighted by Gasteiger charge is 2.23. The quantitative estimate of drug-likeness (QED) is 0.176. The van der Waals surface area contributed by atoms with Crippen molar-refractivity contribution >= 4 is 43.1 Å². The van der Waals surface area contributed by atoms with Crippen LogP contribution in [0.3, 0.4) is 0 Å². The monoisotopic (exact) mass is 848 g/mol. The standard InChI is InChI=1S/C50H44N2O7S2/c53-45-35-23-31-7-5-9-33-25-37-29-40(50-52-42-12-2-4-14-44(42)61-50)30-38(46(37)54)26-34-10-6-8-32(24-36(45)28-39(27-35)49-51-41-11-1-3-13-43(41)60-49)48(34)59-22-20-57-18-16-55-15-17-56-19-21-58-47(31)33/h1-14,27-30,53-54H,15-26H2. The second-order valence-electron chi connectivity index (χ2n) is 15.3. The second-order valence-corrected chi connectivity index (χ2v) is 17.4. The van der Waals surface area contributed by atoms with Crippen LogP contribution in [0.25, 0.3) is 41.6 Å². The third-order valence-electron chi connectivity index (χ3n) is 11.2. The predicted octanol–water partition coefficient (Wildman–Crippen LogP) is 10.1. The van der Waals surface area contributed by atoms with Crippen LogP contribution in [0.15, 0.2) is 109 Å². The van der Waals surface area contributed by atoms with Crippen LogP contribution in [0.5, 0.6) is 23.0 Å². The molecule has 308 valence electrons. The van der Waals surface area contributed by atoms with Gasteiger partial charge in [-0.3, -0.25) is 0 Å². The lowest BCUT2D eigenvalue weighted by molar-refractivity contribution is 0.00484. The van der Waals surface area contributed by atoms with E-state index in [4.69, 9.17) is 33.7 Å². The van der Waals surface area contributed by atoms with Crippen molar-refractivity contribution in [2.75, 3.05) is 52.9 Å². The third kappa shape index (κ3) is 8.44. The SMILES string of the molecule is Oc1c2cc(-c3nc4ccccc4s3)cc1Cc1cccc3c1OCCOCCOCCOCCOc1c(cccc1Cc1cc(-c4nc5ccccc5s4)cc(c1O)C3)C2. The van der Waals surface area contributed by atoms with Gasteiger partial charge in [-0.05, 0) is 93.0 Å². The van der Waals surface area contributed by atoms with Gasteiger partial charge in [-0.1, -0.05) is 60.7 Å². The number of hydrogen-bond acceptors (Lipinski definition) is 11. The van der Waals surface area contributed by atoms with Crippen LogP contribution < -0.4 is 9.47 Å². The molecule has 0 saturated heterocycles. The summed E-state index contributed by atoms with van der Waals surface area (Å²) in [6, 6.07) is 36.8. The molecule has 3 heterocycles. The number of aromatic hydroxyl groups is 2. The molecule has 61 heavy (non-hydrogen) atoms. The Balaban J connectivity index is 1.18. The first kappa shape index (κ1) is 39.3. The number of nitrogens with zero attached hydrogens (tertiary/aromatic N) is 2. The Hall–Kier alpha value is -5.82. The Kier molecular flexibility index (Phi) is 11.4. The van der Waals surface area contributed by atoms with Crippen LogP contribution in [0.4, 0.5) is 0 Å². The summed E-state index contributed by atoms with van der Waals surface area (Å²) in [6.07, 6.45) is 1.55. The zero-order valence-electron chi connectivity index (χ0n) is 33.5. The maximum atomic E-state index is 12.3. The number of phenols is 2. The Morgan fingerprint density at radius 3 is 1.10 bits per heavy atom. The third-order valence-corrected chi connectivity index (χ3v) is 13.4. The minimum Gasteiger partial charge on any atom is -0.507 e. The maximum Gasteiger partial charge on any atom is 0.126 e. The van der Waals surface area contributed by atoms with Gasteiger partial charge in [0.2, 0.25) is 0 Å². The van der Waals surface area contributed by atoms with Crippen molar-refractivity contribution in [3.05, 3.63) is 154 Å². The van der Waals surface area contributed by atoms with E-state index in [0.29, 0.717) is 90.0 Å². The van der Waals surface area contributed by atoms with Gasteiger partial charge in [0.15, 0.2) is 0 Å². The second kappa shape index (κ2) is 17.6. The summed E-state index contributed by atoms with van der Waals surface area (Å²) in [5, 5.41) is 26.3. The molecular formula is C50H44N2O7S2. The summed E-state index contributed by atoms with van der Waals surface area (Å²) < 4.78 is 33.2. The van der Waals surface area contributed by atoms with E-state index in [0.717, 1.165) is 86.1 Å². The molecule has 10 rings (SSSR count). The highest BCUT2D eigenvalue weighted by Crippen LogP contribution is 2.42. The fourth-order valence-electron chi connectivity index (χ4n) is 8.27. The molecule has 6 aromatic carbocycles. The lowest BCUT2D eigenvalue weighted by Crippen LogP contribution is -2.15. The first-order valence-electron chi connectivity index (χ1n) is 20.7. The minimum atomic E-state index is 0.224. The smallest absolute Gasteiger partial charge is 0.126 e. The van der Waals surface area contributed by atoms with E-state index in [-0.39, 0.29) is 11.5 Å². The summed E-state index contributed by atoms with van der Waals surface area (Å²) in [4.78, 5) is 10.1. The van der Waals surface area contributed by atoms with Crippen molar-refractivity contribution in [2.24, 2.45) is 0 Å². The number of rotatable bonds is 2. The molecule has 0 saturated carbocycles. The van der Waals surface area contributed by atoms with E-state index < -0.39 is 0 Å². The molecule has 2 aliphatic rings.